The van der Waals surface area contributed by atoms with Crippen LogP contribution in [0.2, 0.25) is 0 Å². The highest BCUT2D eigenvalue weighted by atomic mass is 32.2. The molecule has 1 fully saturated rings. The minimum Gasteiger partial charge on any atom is -0.358 e. The van der Waals surface area contributed by atoms with Crippen molar-refractivity contribution < 1.29 is 4.79 Å². The predicted octanol–water partition coefficient (Wildman–Crippen LogP) is 2.73. The van der Waals surface area contributed by atoms with Crippen molar-refractivity contribution in [2.45, 2.75) is 56.5 Å². The molecule has 0 bridgehead atoms. The Morgan fingerprint density at radius 2 is 2.30 bits per heavy atom. The van der Waals surface area contributed by atoms with Gasteiger partial charge in [-0.3, -0.25) is 4.79 Å². The third-order valence-corrected chi connectivity index (χ3v) is 5.74. The van der Waals surface area contributed by atoms with Crippen molar-refractivity contribution >= 4 is 51.5 Å². The Kier molecular flexibility index (Phi) is 6.21. The van der Waals surface area contributed by atoms with Crippen molar-refractivity contribution in [3.63, 3.8) is 0 Å². The van der Waals surface area contributed by atoms with Crippen LogP contribution in [0.5, 0.6) is 0 Å². The molecule has 0 spiro atoms. The topological polar surface area (TPSA) is 70.2 Å². The maximum Gasteiger partial charge on any atom is 0.227 e. The van der Waals surface area contributed by atoms with E-state index in [2.05, 4.69) is 53.4 Å². The number of thioether (sulfide) groups is 1. The van der Waals surface area contributed by atoms with Crippen molar-refractivity contribution in [3.8, 4) is 0 Å². The minimum absolute atomic E-state index is 0.00909. The second-order valence-electron chi connectivity index (χ2n) is 6.16. The Hall–Kier alpha value is -0.930. The van der Waals surface area contributed by atoms with Crippen LogP contribution < -0.4 is 10.6 Å². The second-order valence-corrected chi connectivity index (χ2v) is 9.04. The average molecular weight is 374 g/mol. The Balaban J connectivity index is 1.83. The van der Waals surface area contributed by atoms with Gasteiger partial charge in [0.2, 0.25) is 11.0 Å². The van der Waals surface area contributed by atoms with Crippen LogP contribution in [-0.4, -0.2) is 50.0 Å². The number of thiocarbonyl (C=S) groups is 1. The monoisotopic (exact) mass is 373 g/mol. The molecule has 23 heavy (non-hydrogen) atoms. The zero-order valence-electron chi connectivity index (χ0n) is 13.9. The number of rotatable bonds is 6. The van der Waals surface area contributed by atoms with Crippen LogP contribution in [0.15, 0.2) is 4.34 Å². The molecule has 128 valence electrons. The summed E-state index contributed by atoms with van der Waals surface area (Å²) >= 11 is 8.45. The highest BCUT2D eigenvalue weighted by Gasteiger charge is 2.33. The first kappa shape index (κ1) is 18.4. The molecular formula is C14H23N5OS3. The number of carbonyl (C=O) groups excluding carboxylic acids is 1. The number of hydrogen-bond donors (Lipinski definition) is 2. The molecule has 1 amide bonds. The molecule has 1 aliphatic rings. The lowest BCUT2D eigenvalue weighted by atomic mass is 9.93. The van der Waals surface area contributed by atoms with Gasteiger partial charge in [0, 0.05) is 24.5 Å². The van der Waals surface area contributed by atoms with E-state index in [1.807, 2.05) is 0 Å². The van der Waals surface area contributed by atoms with Crippen LogP contribution in [0.1, 0.15) is 40.5 Å². The summed E-state index contributed by atoms with van der Waals surface area (Å²) < 4.78 is 0.875. The molecule has 2 N–H and O–H groups in total. The molecule has 0 radical (unpaired) electrons. The normalized spacial score (nSPS) is 20.3. The summed E-state index contributed by atoms with van der Waals surface area (Å²) in [6, 6.07) is 0.320. The lowest BCUT2D eigenvalue weighted by Gasteiger charge is -2.44. The van der Waals surface area contributed by atoms with E-state index in [1.165, 1.54) is 11.3 Å². The number of aromatic nitrogens is 2. The quantitative estimate of drug-likeness (QED) is 0.451. The lowest BCUT2D eigenvalue weighted by Crippen LogP contribution is -2.60. The maximum absolute atomic E-state index is 12.1. The fourth-order valence-corrected chi connectivity index (χ4v) is 4.84. The van der Waals surface area contributed by atoms with E-state index in [0.29, 0.717) is 24.1 Å². The smallest absolute Gasteiger partial charge is 0.227 e. The van der Waals surface area contributed by atoms with E-state index >= 15 is 0 Å². The fraction of sp³-hybridized carbons (Fsp3) is 0.714. The third-order valence-electron chi connectivity index (χ3n) is 3.54. The van der Waals surface area contributed by atoms with E-state index < -0.39 is 0 Å². The number of amides is 1. The first-order valence-corrected chi connectivity index (χ1v) is 9.86. The van der Waals surface area contributed by atoms with Gasteiger partial charge in [-0.25, -0.2) is 0 Å². The van der Waals surface area contributed by atoms with Crippen LogP contribution >= 0.6 is 35.3 Å². The molecule has 6 nitrogen and oxygen atoms in total. The van der Waals surface area contributed by atoms with Gasteiger partial charge in [0.05, 0.1) is 0 Å². The van der Waals surface area contributed by atoms with Crippen LogP contribution in [-0.2, 0) is 4.79 Å². The Bertz CT molecular complexity index is 575. The molecule has 0 aromatic carbocycles. The highest BCUT2D eigenvalue weighted by molar-refractivity contribution is 8.01. The highest BCUT2D eigenvalue weighted by Crippen LogP contribution is 2.25. The predicted molar refractivity (Wildman–Crippen MR) is 100 cm³/mol. The van der Waals surface area contributed by atoms with Crippen LogP contribution in [0.25, 0.3) is 0 Å². The van der Waals surface area contributed by atoms with Gasteiger partial charge in [0.25, 0.3) is 0 Å². The van der Waals surface area contributed by atoms with Gasteiger partial charge in [0.1, 0.15) is 0 Å². The molecule has 0 aliphatic carbocycles. The van der Waals surface area contributed by atoms with Gasteiger partial charge in [0.15, 0.2) is 9.45 Å². The van der Waals surface area contributed by atoms with E-state index in [-0.39, 0.29) is 11.4 Å². The Morgan fingerprint density at radius 1 is 1.57 bits per heavy atom. The minimum atomic E-state index is -0.0611. The van der Waals surface area contributed by atoms with Crippen molar-refractivity contribution in [1.82, 2.24) is 20.4 Å². The summed E-state index contributed by atoms with van der Waals surface area (Å²) in [4.78, 5) is 14.2. The van der Waals surface area contributed by atoms with Gasteiger partial charge in [-0.1, -0.05) is 30.0 Å². The number of nitrogens with zero attached hydrogens (tertiary/aromatic N) is 3. The van der Waals surface area contributed by atoms with Crippen molar-refractivity contribution in [2.24, 2.45) is 0 Å². The largest absolute Gasteiger partial charge is 0.358 e. The maximum atomic E-state index is 12.1. The van der Waals surface area contributed by atoms with Gasteiger partial charge in [-0.2, -0.15) is 0 Å². The van der Waals surface area contributed by atoms with E-state index in [0.717, 1.165) is 21.6 Å². The standard InChI is InChI=1S/C14H23N5OS3/c1-5-22-13-18-17-11(23-13)15-10(20)6-7-19-9(2)8-14(3,4)16-12(19)21/h9H,5-8H2,1-4H3,(H,16,21)(H,15,17,20)/t9-/m1/s1. The molecule has 1 aromatic rings. The average Bonchev–Trinajstić information content (AvgIpc) is 2.84. The van der Waals surface area contributed by atoms with Gasteiger partial charge in [-0.05, 0) is 45.2 Å². The molecular weight excluding hydrogens is 350 g/mol. The molecule has 1 atom stereocenters. The summed E-state index contributed by atoms with van der Waals surface area (Å²) in [6.45, 7) is 9.08. The summed E-state index contributed by atoms with van der Waals surface area (Å²) in [5.74, 6) is 0.880. The van der Waals surface area contributed by atoms with Gasteiger partial charge in [-0.15, -0.1) is 10.2 Å². The molecule has 9 heteroatoms. The Morgan fingerprint density at radius 3 is 2.96 bits per heavy atom. The van der Waals surface area contributed by atoms with E-state index in [9.17, 15) is 4.79 Å². The molecule has 2 rings (SSSR count). The molecule has 0 unspecified atom stereocenters. The summed E-state index contributed by atoms with van der Waals surface area (Å²) in [7, 11) is 0. The van der Waals surface area contributed by atoms with Crippen LogP contribution in [0.3, 0.4) is 0 Å². The van der Waals surface area contributed by atoms with Crippen molar-refractivity contribution in [3.05, 3.63) is 0 Å². The summed E-state index contributed by atoms with van der Waals surface area (Å²) in [5, 5.41) is 15.4. The van der Waals surface area contributed by atoms with Crippen molar-refractivity contribution in [1.29, 1.82) is 0 Å². The van der Waals surface area contributed by atoms with Crippen molar-refractivity contribution in [2.75, 3.05) is 17.6 Å². The van der Waals surface area contributed by atoms with Crippen LogP contribution in [0, 0.1) is 0 Å². The molecule has 1 saturated heterocycles. The third kappa shape index (κ3) is 5.29. The molecule has 0 saturated carbocycles. The Labute approximate surface area is 150 Å². The molecule has 1 aromatic heterocycles. The first-order chi connectivity index (χ1) is 10.8. The second kappa shape index (κ2) is 7.76. The van der Waals surface area contributed by atoms with E-state index in [1.54, 1.807) is 11.8 Å². The number of hydrogen-bond acceptors (Lipinski definition) is 6. The fourth-order valence-electron chi connectivity index (χ4n) is 2.63. The summed E-state index contributed by atoms with van der Waals surface area (Å²) in [5.41, 5.74) is 0.00909. The summed E-state index contributed by atoms with van der Waals surface area (Å²) in [6.07, 6.45) is 1.37. The number of carbonyl (C=O) groups is 1. The lowest BCUT2D eigenvalue weighted by molar-refractivity contribution is -0.116. The zero-order chi connectivity index (χ0) is 17.0. The van der Waals surface area contributed by atoms with Crippen LogP contribution in [0.4, 0.5) is 5.13 Å². The SMILES string of the molecule is CCSc1nnc(NC(=O)CCN2C(=S)NC(C)(C)C[C@H]2C)s1. The number of nitrogens with one attached hydrogen (secondary N) is 2. The number of anilines is 1. The van der Waals surface area contributed by atoms with Gasteiger partial charge < -0.3 is 15.5 Å². The molecule has 2 heterocycles. The zero-order valence-corrected chi connectivity index (χ0v) is 16.3. The molecule has 1 aliphatic heterocycles. The van der Waals surface area contributed by atoms with Gasteiger partial charge >= 0.3 is 0 Å². The van der Waals surface area contributed by atoms with E-state index in [4.69, 9.17) is 12.2 Å². The first-order valence-electron chi connectivity index (χ1n) is 7.65.